The van der Waals surface area contributed by atoms with E-state index in [2.05, 4.69) is 15.9 Å². The topological polar surface area (TPSA) is 54.5 Å². The van der Waals surface area contributed by atoms with Crippen LogP contribution in [0.3, 0.4) is 0 Å². The Bertz CT molecular complexity index is 645. The summed E-state index contributed by atoms with van der Waals surface area (Å²) in [5.41, 5.74) is 0.0638. The Labute approximate surface area is 133 Å². The Morgan fingerprint density at radius 1 is 1.45 bits per heavy atom. The molecule has 2 rings (SSSR count). The maximum atomic E-state index is 13.9. The first kappa shape index (κ1) is 16.0. The van der Waals surface area contributed by atoms with Crippen molar-refractivity contribution in [1.29, 1.82) is 0 Å². The molecule has 1 aromatic rings. The van der Waals surface area contributed by atoms with Gasteiger partial charge in [-0.25, -0.2) is 12.8 Å². The second-order valence-corrected chi connectivity index (χ2v) is 8.61. The summed E-state index contributed by atoms with van der Waals surface area (Å²) in [6, 6.07) is 2.57. The van der Waals surface area contributed by atoms with Gasteiger partial charge >= 0.3 is 0 Å². The summed E-state index contributed by atoms with van der Waals surface area (Å²) in [6.45, 7) is 0.0991. The molecule has 1 aromatic carbocycles. The summed E-state index contributed by atoms with van der Waals surface area (Å²) in [7, 11) is 1.48. The number of nitrogens with zero attached hydrogens (tertiary/aromatic N) is 1. The average Bonchev–Trinajstić information content (AvgIpc) is 2.55. The lowest BCUT2D eigenvalue weighted by atomic mass is 10.1. The van der Waals surface area contributed by atoms with E-state index in [0.717, 1.165) is 6.07 Å². The fourth-order valence-corrected chi connectivity index (χ4v) is 4.49. The lowest BCUT2D eigenvalue weighted by Crippen LogP contribution is -2.26. The summed E-state index contributed by atoms with van der Waals surface area (Å²) in [4.78, 5) is 13.1. The Kier molecular flexibility index (Phi) is 4.63. The minimum absolute atomic E-state index is 0.0143. The molecule has 110 valence electrons. The van der Waals surface area contributed by atoms with E-state index < -0.39 is 20.8 Å². The maximum absolute atomic E-state index is 13.9. The van der Waals surface area contributed by atoms with Crippen molar-refractivity contribution in [2.75, 3.05) is 17.2 Å². The number of hydrogen-bond acceptors (Lipinski definition) is 3. The van der Waals surface area contributed by atoms with Gasteiger partial charge in [0.1, 0.15) is 5.82 Å². The van der Waals surface area contributed by atoms with Crippen LogP contribution in [0.25, 0.3) is 0 Å². The summed E-state index contributed by atoms with van der Waals surface area (Å²) >= 11 is 8.87. The molecule has 1 aliphatic rings. The minimum Gasteiger partial charge on any atom is -0.308 e. The zero-order chi connectivity index (χ0) is 15.1. The van der Waals surface area contributed by atoms with Gasteiger partial charge in [-0.15, -0.1) is 0 Å². The van der Waals surface area contributed by atoms with Crippen molar-refractivity contribution in [3.63, 3.8) is 0 Å². The smallest absolute Gasteiger partial charge is 0.232 e. The third-order valence-corrected chi connectivity index (χ3v) is 4.96. The van der Waals surface area contributed by atoms with E-state index in [4.69, 9.17) is 22.3 Å². The highest BCUT2D eigenvalue weighted by Gasteiger charge is 2.35. The van der Waals surface area contributed by atoms with Crippen LogP contribution in [0.5, 0.6) is 0 Å². The monoisotopic (exact) mass is 403 g/mol. The molecule has 0 radical (unpaired) electrons. The molecule has 0 saturated carbocycles. The van der Waals surface area contributed by atoms with E-state index in [-0.39, 0.29) is 35.3 Å². The van der Waals surface area contributed by atoms with Gasteiger partial charge in [0.25, 0.3) is 0 Å². The Morgan fingerprint density at radius 2 is 2.10 bits per heavy atom. The van der Waals surface area contributed by atoms with Gasteiger partial charge in [0.05, 0.1) is 11.4 Å². The fourth-order valence-electron chi connectivity index (χ4n) is 2.18. The number of halogens is 4. The molecule has 1 amide bonds. The number of carbonyl (C=O) groups excluding carboxylic acids is 1. The minimum atomic E-state index is -3.70. The first-order chi connectivity index (χ1) is 9.17. The van der Waals surface area contributed by atoms with Crippen LogP contribution in [-0.4, -0.2) is 26.6 Å². The van der Waals surface area contributed by atoms with E-state index in [0.29, 0.717) is 4.47 Å². The van der Waals surface area contributed by atoms with Gasteiger partial charge in [-0.05, 0) is 28.1 Å². The molecule has 0 N–H and O–H groups in total. The number of benzene rings is 1. The summed E-state index contributed by atoms with van der Waals surface area (Å²) < 4.78 is 36.4. The molecular formula is C11H9BrCl2FNO3S. The van der Waals surface area contributed by atoms with Gasteiger partial charge in [0.15, 0.2) is 0 Å². The largest absolute Gasteiger partial charge is 0.308 e. The van der Waals surface area contributed by atoms with Crippen molar-refractivity contribution >= 4 is 58.9 Å². The van der Waals surface area contributed by atoms with Crippen molar-refractivity contribution in [3.05, 3.63) is 27.4 Å². The van der Waals surface area contributed by atoms with Crippen molar-refractivity contribution in [2.24, 2.45) is 5.92 Å². The normalized spacial score (nSPS) is 19.7. The van der Waals surface area contributed by atoms with Crippen LogP contribution in [0.15, 0.2) is 16.6 Å². The van der Waals surface area contributed by atoms with Gasteiger partial charge in [-0.3, -0.25) is 4.79 Å². The van der Waals surface area contributed by atoms with E-state index in [1.54, 1.807) is 0 Å². The molecule has 0 aromatic heterocycles. The third kappa shape index (κ3) is 3.63. The van der Waals surface area contributed by atoms with Crippen LogP contribution in [-0.2, 0) is 13.8 Å². The molecule has 1 saturated heterocycles. The first-order valence-electron chi connectivity index (χ1n) is 5.54. The molecule has 0 aliphatic carbocycles. The average molecular weight is 405 g/mol. The summed E-state index contributed by atoms with van der Waals surface area (Å²) in [5, 5.41) is 0.199. The zero-order valence-corrected chi connectivity index (χ0v) is 13.9. The van der Waals surface area contributed by atoms with E-state index in [9.17, 15) is 17.6 Å². The Balaban J connectivity index is 2.29. The highest BCUT2D eigenvalue weighted by Crippen LogP contribution is 2.36. The summed E-state index contributed by atoms with van der Waals surface area (Å²) in [5.74, 6) is -1.76. The van der Waals surface area contributed by atoms with Crippen LogP contribution in [0.2, 0.25) is 5.02 Å². The molecule has 1 unspecified atom stereocenters. The van der Waals surface area contributed by atoms with Crippen molar-refractivity contribution < 1.29 is 17.6 Å². The highest BCUT2D eigenvalue weighted by atomic mass is 79.9. The number of carbonyl (C=O) groups is 1. The second kappa shape index (κ2) is 5.79. The third-order valence-electron chi connectivity index (χ3n) is 2.89. The molecule has 4 nitrogen and oxygen atoms in total. The molecule has 0 bridgehead atoms. The van der Waals surface area contributed by atoms with Gasteiger partial charge in [-0.1, -0.05) is 11.6 Å². The van der Waals surface area contributed by atoms with Gasteiger partial charge < -0.3 is 4.90 Å². The number of rotatable bonds is 3. The van der Waals surface area contributed by atoms with Crippen molar-refractivity contribution in [1.82, 2.24) is 0 Å². The van der Waals surface area contributed by atoms with Crippen LogP contribution in [0.1, 0.15) is 6.42 Å². The molecule has 1 fully saturated rings. The maximum Gasteiger partial charge on any atom is 0.232 e. The first-order valence-corrected chi connectivity index (χ1v) is 9.19. The van der Waals surface area contributed by atoms with Crippen LogP contribution in [0, 0.1) is 11.7 Å². The highest BCUT2D eigenvalue weighted by molar-refractivity contribution is 9.10. The van der Waals surface area contributed by atoms with E-state index in [1.807, 2.05) is 0 Å². The lowest BCUT2D eigenvalue weighted by Gasteiger charge is -2.19. The molecule has 1 aliphatic heterocycles. The molecule has 9 heteroatoms. The molecule has 0 spiro atoms. The molecule has 1 atom stereocenters. The van der Waals surface area contributed by atoms with Crippen LogP contribution < -0.4 is 4.90 Å². The van der Waals surface area contributed by atoms with Gasteiger partial charge in [0, 0.05) is 39.1 Å². The number of anilines is 1. The van der Waals surface area contributed by atoms with Crippen LogP contribution in [0.4, 0.5) is 10.1 Å². The molecule has 20 heavy (non-hydrogen) atoms. The van der Waals surface area contributed by atoms with E-state index in [1.165, 1.54) is 11.0 Å². The van der Waals surface area contributed by atoms with E-state index >= 15 is 0 Å². The number of hydrogen-bond donors (Lipinski definition) is 0. The molecular weight excluding hydrogens is 396 g/mol. The van der Waals surface area contributed by atoms with Crippen molar-refractivity contribution in [2.45, 2.75) is 6.42 Å². The fraction of sp³-hybridized carbons (Fsp3) is 0.364. The predicted molar refractivity (Wildman–Crippen MR) is 79.2 cm³/mol. The quantitative estimate of drug-likeness (QED) is 0.727. The number of amides is 1. The summed E-state index contributed by atoms with van der Waals surface area (Å²) in [6.07, 6.45) is 0.0143. The SMILES string of the molecule is O=C1CC(CS(=O)(=O)Cl)CN1c1c(F)cc(Cl)cc1Br. The van der Waals surface area contributed by atoms with Gasteiger partial charge in [-0.2, -0.15) is 0 Å². The lowest BCUT2D eigenvalue weighted by molar-refractivity contribution is -0.117. The van der Waals surface area contributed by atoms with Crippen LogP contribution >= 0.6 is 38.2 Å². The Hall–Kier alpha value is -0.370. The van der Waals surface area contributed by atoms with Crippen molar-refractivity contribution in [3.8, 4) is 0 Å². The molecule has 1 heterocycles. The standard InChI is InChI=1S/C11H9BrCl2FNO3S/c12-8-2-7(13)3-9(15)11(8)16-4-6(1-10(16)17)5-20(14,18)19/h2-3,6H,1,4-5H2. The zero-order valence-electron chi connectivity index (χ0n) is 9.95. The predicted octanol–water partition coefficient (Wildman–Crippen LogP) is 3.16. The van der Waals surface area contributed by atoms with Gasteiger partial charge in [0.2, 0.25) is 15.0 Å². The second-order valence-electron chi connectivity index (χ2n) is 4.50. The Morgan fingerprint density at radius 3 is 2.65 bits per heavy atom.